The molecular formula is C18H21N4O2+. The van der Waals surface area contributed by atoms with Gasteiger partial charge in [-0.1, -0.05) is 0 Å². The van der Waals surface area contributed by atoms with E-state index in [-0.39, 0.29) is 11.7 Å². The summed E-state index contributed by atoms with van der Waals surface area (Å²) in [6.45, 7) is 1.83. The molecule has 0 saturated carbocycles. The molecule has 0 amide bonds. The van der Waals surface area contributed by atoms with Crippen molar-refractivity contribution in [2.45, 2.75) is 6.92 Å². The third-order valence-corrected chi connectivity index (χ3v) is 4.04. The first-order valence-electron chi connectivity index (χ1n) is 7.60. The van der Waals surface area contributed by atoms with Gasteiger partial charge in [0.15, 0.2) is 12.1 Å². The number of rotatable bonds is 3. The lowest BCUT2D eigenvalue weighted by Crippen LogP contribution is -2.30. The van der Waals surface area contributed by atoms with E-state index in [1.165, 1.54) is 13.3 Å². The molecule has 124 valence electrons. The SMILES string of the molecule is CC1C(=O)C=NN=C1c1ccc([N+]2(C)C=CC(C=O)=C2)cc1.CN. The van der Waals surface area contributed by atoms with E-state index < -0.39 is 0 Å². The standard InChI is InChI=1S/C17H16N3O2.CH5N/c1-12-16(22)9-18-19-17(12)14-3-5-15(6-4-14)20(2)8-7-13(10-20)11-21;1-2/h3-12H,1-2H3;2H2,1H3/q+1;. The minimum Gasteiger partial charge on any atom is -0.333 e. The Bertz CT molecular complexity index is 760. The third kappa shape index (κ3) is 3.29. The topological polar surface area (TPSA) is 84.9 Å². The van der Waals surface area contributed by atoms with E-state index in [0.29, 0.717) is 15.8 Å². The van der Waals surface area contributed by atoms with E-state index in [0.717, 1.165) is 17.5 Å². The molecule has 6 heteroatoms. The molecule has 2 aliphatic rings. The number of nitrogens with zero attached hydrogens (tertiary/aromatic N) is 3. The van der Waals surface area contributed by atoms with Crippen LogP contribution in [0.2, 0.25) is 0 Å². The summed E-state index contributed by atoms with van der Waals surface area (Å²) in [6, 6.07) is 7.82. The van der Waals surface area contributed by atoms with Gasteiger partial charge in [0, 0.05) is 18.2 Å². The van der Waals surface area contributed by atoms with Crippen molar-refractivity contribution in [3.05, 3.63) is 53.9 Å². The summed E-state index contributed by atoms with van der Waals surface area (Å²) >= 11 is 0. The van der Waals surface area contributed by atoms with Gasteiger partial charge in [0.25, 0.3) is 0 Å². The molecule has 0 spiro atoms. The van der Waals surface area contributed by atoms with E-state index >= 15 is 0 Å². The van der Waals surface area contributed by atoms with Crippen LogP contribution in [0.25, 0.3) is 0 Å². The second-order valence-corrected chi connectivity index (χ2v) is 5.61. The van der Waals surface area contributed by atoms with Gasteiger partial charge >= 0.3 is 0 Å². The number of ketones is 1. The van der Waals surface area contributed by atoms with E-state index in [2.05, 4.69) is 15.9 Å². The van der Waals surface area contributed by atoms with Crippen molar-refractivity contribution < 1.29 is 9.59 Å². The van der Waals surface area contributed by atoms with Crippen LogP contribution in [-0.4, -0.2) is 38.1 Å². The van der Waals surface area contributed by atoms with Gasteiger partial charge in [-0.25, -0.2) is 4.48 Å². The fourth-order valence-electron chi connectivity index (χ4n) is 2.61. The maximum Gasteiger partial charge on any atom is 0.184 e. The molecule has 24 heavy (non-hydrogen) atoms. The molecule has 0 aromatic heterocycles. The highest BCUT2D eigenvalue weighted by Crippen LogP contribution is 2.28. The van der Waals surface area contributed by atoms with E-state index in [9.17, 15) is 9.59 Å². The van der Waals surface area contributed by atoms with Crippen LogP contribution in [0.5, 0.6) is 0 Å². The van der Waals surface area contributed by atoms with Crippen molar-refractivity contribution in [3.8, 4) is 0 Å². The molecule has 2 atom stereocenters. The van der Waals surface area contributed by atoms with Gasteiger partial charge < -0.3 is 5.73 Å². The van der Waals surface area contributed by atoms with Crippen molar-refractivity contribution in [2.75, 3.05) is 14.1 Å². The van der Waals surface area contributed by atoms with Crippen LogP contribution in [0.3, 0.4) is 0 Å². The number of quaternary nitrogens is 1. The number of hydrogen-bond donors (Lipinski definition) is 1. The number of benzene rings is 1. The smallest absolute Gasteiger partial charge is 0.184 e. The number of aldehydes is 1. The van der Waals surface area contributed by atoms with Gasteiger partial charge in [0.1, 0.15) is 18.1 Å². The molecule has 0 radical (unpaired) electrons. The fraction of sp³-hybridized carbons (Fsp3) is 0.222. The van der Waals surface area contributed by atoms with Gasteiger partial charge in [0.05, 0.1) is 30.5 Å². The Kier molecular flexibility index (Phi) is 5.33. The molecule has 2 N–H and O–H groups in total. The first-order valence-corrected chi connectivity index (χ1v) is 7.60. The Morgan fingerprint density at radius 3 is 2.46 bits per heavy atom. The first-order chi connectivity index (χ1) is 11.5. The van der Waals surface area contributed by atoms with Crippen molar-refractivity contribution in [1.29, 1.82) is 0 Å². The lowest BCUT2D eigenvalue weighted by Gasteiger charge is -2.23. The Hall–Kier alpha value is -2.70. The van der Waals surface area contributed by atoms with Gasteiger partial charge in [-0.15, -0.1) is 0 Å². The Morgan fingerprint density at radius 2 is 1.88 bits per heavy atom. The van der Waals surface area contributed by atoms with Crippen molar-refractivity contribution >= 4 is 29.7 Å². The molecule has 3 rings (SSSR count). The number of nitrogens with two attached hydrogens (primary N) is 1. The summed E-state index contributed by atoms with van der Waals surface area (Å²) < 4.78 is 0.438. The van der Waals surface area contributed by atoms with Crippen LogP contribution in [-0.2, 0) is 9.59 Å². The molecule has 2 unspecified atom stereocenters. The summed E-state index contributed by atoms with van der Waals surface area (Å²) in [5, 5.41) is 7.84. The minimum atomic E-state index is -0.277. The van der Waals surface area contributed by atoms with Crippen LogP contribution in [0, 0.1) is 5.92 Å². The highest BCUT2D eigenvalue weighted by Gasteiger charge is 2.27. The molecule has 0 saturated heterocycles. The van der Waals surface area contributed by atoms with E-state index in [1.54, 1.807) is 0 Å². The van der Waals surface area contributed by atoms with Crippen LogP contribution in [0.15, 0.2) is 58.5 Å². The summed E-state index contributed by atoms with van der Waals surface area (Å²) in [5.74, 6) is -0.310. The fourth-order valence-corrected chi connectivity index (χ4v) is 2.61. The molecule has 2 aliphatic heterocycles. The molecule has 6 nitrogen and oxygen atoms in total. The Labute approximate surface area is 141 Å². The zero-order valence-electron chi connectivity index (χ0n) is 14.0. The maximum absolute atomic E-state index is 11.7. The van der Waals surface area contributed by atoms with Crippen molar-refractivity contribution in [3.63, 3.8) is 0 Å². The third-order valence-electron chi connectivity index (χ3n) is 4.04. The molecule has 0 fully saturated rings. The van der Waals surface area contributed by atoms with Crippen LogP contribution >= 0.6 is 0 Å². The highest BCUT2D eigenvalue weighted by molar-refractivity contribution is 6.36. The van der Waals surface area contributed by atoms with Crippen molar-refractivity contribution in [1.82, 2.24) is 4.48 Å². The lowest BCUT2D eigenvalue weighted by atomic mass is 9.94. The molecule has 2 heterocycles. The summed E-state index contributed by atoms with van der Waals surface area (Å²) in [5.41, 5.74) is 7.76. The predicted molar refractivity (Wildman–Crippen MR) is 96.8 cm³/mol. The van der Waals surface area contributed by atoms with Gasteiger partial charge in [-0.05, 0) is 31.7 Å². The van der Waals surface area contributed by atoms with Gasteiger partial charge in [0.2, 0.25) is 0 Å². The average Bonchev–Trinajstić information content (AvgIpc) is 3.02. The van der Waals surface area contributed by atoms with Crippen LogP contribution in [0.1, 0.15) is 12.5 Å². The summed E-state index contributed by atoms with van der Waals surface area (Å²) in [7, 11) is 3.50. The largest absolute Gasteiger partial charge is 0.333 e. The zero-order chi connectivity index (χ0) is 17.7. The quantitative estimate of drug-likeness (QED) is 0.679. The first kappa shape index (κ1) is 17.7. The van der Waals surface area contributed by atoms with Crippen LogP contribution in [0.4, 0.5) is 5.69 Å². The number of carbonyl (C=O) groups is 2. The second kappa shape index (κ2) is 7.25. The summed E-state index contributed by atoms with van der Waals surface area (Å²) in [4.78, 5) is 22.6. The summed E-state index contributed by atoms with van der Waals surface area (Å²) in [6.07, 6.45) is 7.75. The Morgan fingerprint density at radius 1 is 1.21 bits per heavy atom. The maximum atomic E-state index is 11.7. The minimum absolute atomic E-state index is 0.0332. The van der Waals surface area contributed by atoms with Gasteiger partial charge in [-0.2, -0.15) is 10.2 Å². The number of Topliss-reactive ketones (excluding diaryl/α,β-unsaturated/α-hetero) is 1. The van der Waals surface area contributed by atoms with Gasteiger partial charge in [-0.3, -0.25) is 9.59 Å². The van der Waals surface area contributed by atoms with E-state index in [4.69, 9.17) is 0 Å². The number of allylic oxidation sites excluding steroid dienone is 2. The van der Waals surface area contributed by atoms with E-state index in [1.807, 2.05) is 56.7 Å². The molecular weight excluding hydrogens is 304 g/mol. The second-order valence-electron chi connectivity index (χ2n) is 5.61. The zero-order valence-corrected chi connectivity index (χ0v) is 14.0. The molecule has 1 aromatic rings. The number of carbonyl (C=O) groups excluding carboxylic acids is 2. The predicted octanol–water partition coefficient (Wildman–Crippen LogP) is 1.80. The average molecular weight is 325 g/mol. The Balaban J connectivity index is 0.00000100. The number of hydrogen-bond acceptors (Lipinski definition) is 5. The molecule has 0 bridgehead atoms. The highest BCUT2D eigenvalue weighted by atomic mass is 16.1. The molecule has 1 aromatic carbocycles. The van der Waals surface area contributed by atoms with Crippen molar-refractivity contribution in [2.24, 2.45) is 21.9 Å². The monoisotopic (exact) mass is 325 g/mol. The lowest BCUT2D eigenvalue weighted by molar-refractivity contribution is -0.114. The normalized spacial score (nSPS) is 24.8. The van der Waals surface area contributed by atoms with Crippen LogP contribution < -0.4 is 10.2 Å². The molecule has 0 aliphatic carbocycles.